The minimum Gasteiger partial charge on any atom is -0.345 e. The van der Waals surface area contributed by atoms with Crippen LogP contribution in [0.3, 0.4) is 0 Å². The smallest absolute Gasteiger partial charge is 0.251 e. The Kier molecular flexibility index (Phi) is 3.77. The van der Waals surface area contributed by atoms with Gasteiger partial charge in [-0.25, -0.2) is 0 Å². The highest BCUT2D eigenvalue weighted by atomic mass is 79.9. The molecule has 0 bridgehead atoms. The number of nitrogens with one attached hydrogen (secondary N) is 1. The van der Waals surface area contributed by atoms with Gasteiger partial charge in [-0.2, -0.15) is 0 Å². The van der Waals surface area contributed by atoms with E-state index in [1.54, 1.807) is 6.07 Å². The summed E-state index contributed by atoms with van der Waals surface area (Å²) in [7, 11) is 0. The largest absolute Gasteiger partial charge is 0.345 e. The van der Waals surface area contributed by atoms with Crippen LogP contribution in [0.4, 0.5) is 0 Å². The van der Waals surface area contributed by atoms with Crippen molar-refractivity contribution in [2.45, 2.75) is 6.92 Å². The van der Waals surface area contributed by atoms with E-state index in [4.69, 9.17) is 0 Å². The lowest BCUT2D eigenvalue weighted by Gasteiger charge is -2.05. The first-order valence-corrected chi connectivity index (χ1v) is 6.32. The van der Waals surface area contributed by atoms with Crippen molar-refractivity contribution < 1.29 is 9.59 Å². The van der Waals surface area contributed by atoms with Crippen molar-refractivity contribution in [2.24, 2.45) is 0 Å². The normalized spacial score (nSPS) is 10.3. The first-order valence-electron chi connectivity index (χ1n) is 5.53. The monoisotopic (exact) mass is 305 g/mol. The third-order valence-electron chi connectivity index (χ3n) is 2.56. The maximum Gasteiger partial charge on any atom is 0.251 e. The molecular weight excluding hydrogens is 294 g/mol. The van der Waals surface area contributed by atoms with Crippen molar-refractivity contribution in [1.29, 1.82) is 0 Å². The number of ketones is 1. The van der Waals surface area contributed by atoms with Crippen LogP contribution in [-0.4, -0.2) is 18.2 Å². The van der Waals surface area contributed by atoms with Gasteiger partial charge in [0, 0.05) is 10.0 Å². The Hall–Kier alpha value is -1.68. The molecule has 0 aliphatic heterocycles. The summed E-state index contributed by atoms with van der Waals surface area (Å²) < 4.78 is 1.00. The molecule has 0 unspecified atom stereocenters. The average Bonchev–Trinajstić information content (AvgIpc) is 2.35. The van der Waals surface area contributed by atoms with E-state index in [0.29, 0.717) is 5.56 Å². The Morgan fingerprint density at radius 1 is 1.11 bits per heavy atom. The van der Waals surface area contributed by atoms with Gasteiger partial charge in [0.2, 0.25) is 0 Å². The van der Waals surface area contributed by atoms with E-state index >= 15 is 0 Å². The molecule has 92 valence electrons. The van der Waals surface area contributed by atoms with Crippen LogP contribution >= 0.6 is 15.9 Å². The van der Waals surface area contributed by atoms with Gasteiger partial charge in [0.25, 0.3) is 5.91 Å². The number of hydrogen-bond donors (Lipinski definition) is 1. The Balaban J connectivity index is 2.27. The van der Waals surface area contributed by atoms with Gasteiger partial charge in [-0.1, -0.05) is 28.1 Å². The van der Waals surface area contributed by atoms with Gasteiger partial charge in [-0.15, -0.1) is 0 Å². The van der Waals surface area contributed by atoms with E-state index in [1.807, 2.05) is 30.3 Å². The Labute approximate surface area is 113 Å². The first kappa shape index (κ1) is 12.8. The second-order valence-electron chi connectivity index (χ2n) is 4.09. The fourth-order valence-electron chi connectivity index (χ4n) is 1.66. The van der Waals surface area contributed by atoms with Gasteiger partial charge in [-0.05, 0) is 42.0 Å². The molecule has 0 saturated heterocycles. The minimum absolute atomic E-state index is 0.0620. The molecule has 18 heavy (non-hydrogen) atoms. The molecule has 0 fully saturated rings. The van der Waals surface area contributed by atoms with E-state index < -0.39 is 0 Å². The highest BCUT2D eigenvalue weighted by Gasteiger charge is 2.06. The number of benzene rings is 2. The highest BCUT2D eigenvalue weighted by Crippen LogP contribution is 2.20. The number of carbonyl (C=O) groups is 2. The quantitative estimate of drug-likeness (QED) is 0.947. The molecule has 0 atom stereocenters. The van der Waals surface area contributed by atoms with E-state index in [2.05, 4.69) is 21.2 Å². The molecule has 0 aliphatic carbocycles. The summed E-state index contributed by atoms with van der Waals surface area (Å²) in [5.41, 5.74) is 0.561. The molecule has 3 nitrogen and oxygen atoms in total. The third kappa shape index (κ3) is 2.96. The fourth-order valence-corrected chi connectivity index (χ4v) is 2.04. The summed E-state index contributed by atoms with van der Waals surface area (Å²) in [6, 6.07) is 11.3. The number of carbonyl (C=O) groups excluding carboxylic acids is 2. The molecule has 0 aliphatic rings. The predicted molar refractivity (Wildman–Crippen MR) is 74.7 cm³/mol. The van der Waals surface area contributed by atoms with Crippen LogP contribution in [0.1, 0.15) is 17.3 Å². The number of Topliss-reactive ketones (excluding diaryl/α,β-unsaturated/α-hetero) is 1. The van der Waals surface area contributed by atoms with Crippen LogP contribution in [0.15, 0.2) is 40.9 Å². The summed E-state index contributed by atoms with van der Waals surface area (Å²) in [5, 5.41) is 4.63. The molecule has 1 amide bonds. The molecule has 0 heterocycles. The van der Waals surface area contributed by atoms with Gasteiger partial charge in [-0.3, -0.25) is 9.59 Å². The van der Waals surface area contributed by atoms with Crippen molar-refractivity contribution in [3.05, 3.63) is 46.4 Å². The number of hydrogen-bond acceptors (Lipinski definition) is 2. The highest BCUT2D eigenvalue weighted by molar-refractivity contribution is 9.10. The Bertz CT molecular complexity index is 622. The van der Waals surface area contributed by atoms with Crippen molar-refractivity contribution in [3.8, 4) is 0 Å². The molecule has 0 spiro atoms. The van der Waals surface area contributed by atoms with Crippen LogP contribution in [0.2, 0.25) is 0 Å². The topological polar surface area (TPSA) is 46.2 Å². The standard InChI is InChI=1S/C14H12BrNO2/c1-9(17)8-16-14(18)12-3-2-11-7-13(15)5-4-10(11)6-12/h2-7H,8H2,1H3,(H,16,18). The van der Waals surface area contributed by atoms with Gasteiger partial charge in [0.1, 0.15) is 5.78 Å². The summed E-state index contributed by atoms with van der Waals surface area (Å²) in [5.74, 6) is -0.289. The third-order valence-corrected chi connectivity index (χ3v) is 3.06. The lowest BCUT2D eigenvalue weighted by atomic mass is 10.1. The maximum atomic E-state index is 11.8. The first-order chi connectivity index (χ1) is 8.56. The Morgan fingerprint density at radius 2 is 1.78 bits per heavy atom. The van der Waals surface area contributed by atoms with Crippen LogP contribution < -0.4 is 5.32 Å². The van der Waals surface area contributed by atoms with Gasteiger partial charge in [0.15, 0.2) is 0 Å². The molecular formula is C14H12BrNO2. The van der Waals surface area contributed by atoms with Crippen LogP contribution in [0.5, 0.6) is 0 Å². The molecule has 2 rings (SSSR count). The molecule has 1 N–H and O–H groups in total. The Morgan fingerprint density at radius 3 is 2.50 bits per heavy atom. The summed E-state index contributed by atoms with van der Waals surface area (Å²) in [6.07, 6.45) is 0. The summed E-state index contributed by atoms with van der Waals surface area (Å²) in [4.78, 5) is 22.6. The molecule has 4 heteroatoms. The van der Waals surface area contributed by atoms with E-state index in [9.17, 15) is 9.59 Å². The van der Waals surface area contributed by atoms with Gasteiger partial charge < -0.3 is 5.32 Å². The van der Waals surface area contributed by atoms with E-state index in [0.717, 1.165) is 15.2 Å². The maximum absolute atomic E-state index is 11.8. The predicted octanol–water partition coefficient (Wildman–Crippen LogP) is 2.92. The zero-order valence-corrected chi connectivity index (χ0v) is 11.5. The second-order valence-corrected chi connectivity index (χ2v) is 5.01. The molecule has 2 aromatic carbocycles. The lowest BCUT2D eigenvalue weighted by molar-refractivity contribution is -0.116. The SMILES string of the molecule is CC(=O)CNC(=O)c1ccc2cc(Br)ccc2c1. The average molecular weight is 306 g/mol. The molecule has 0 saturated carbocycles. The summed E-state index contributed by atoms with van der Waals surface area (Å²) >= 11 is 3.40. The number of fused-ring (bicyclic) bond motifs is 1. The van der Waals surface area contributed by atoms with Crippen molar-refractivity contribution in [2.75, 3.05) is 6.54 Å². The number of rotatable bonds is 3. The van der Waals surface area contributed by atoms with Crippen molar-refractivity contribution in [1.82, 2.24) is 5.32 Å². The van der Waals surface area contributed by atoms with E-state index in [1.165, 1.54) is 6.92 Å². The number of halogens is 1. The molecule has 2 aromatic rings. The van der Waals surface area contributed by atoms with Crippen LogP contribution in [-0.2, 0) is 4.79 Å². The van der Waals surface area contributed by atoms with Crippen molar-refractivity contribution in [3.63, 3.8) is 0 Å². The lowest BCUT2D eigenvalue weighted by Crippen LogP contribution is -2.28. The zero-order valence-electron chi connectivity index (χ0n) is 9.87. The minimum atomic E-state index is -0.227. The van der Waals surface area contributed by atoms with Gasteiger partial charge in [0.05, 0.1) is 6.54 Å². The van der Waals surface area contributed by atoms with Gasteiger partial charge >= 0.3 is 0 Å². The number of amides is 1. The second kappa shape index (κ2) is 5.31. The summed E-state index contributed by atoms with van der Waals surface area (Å²) in [6.45, 7) is 1.51. The molecule has 0 radical (unpaired) electrons. The molecule has 0 aromatic heterocycles. The fraction of sp³-hybridized carbons (Fsp3) is 0.143. The zero-order chi connectivity index (χ0) is 13.1. The van der Waals surface area contributed by atoms with Crippen LogP contribution in [0, 0.1) is 0 Å². The van der Waals surface area contributed by atoms with Crippen LogP contribution in [0.25, 0.3) is 10.8 Å². The van der Waals surface area contributed by atoms with E-state index in [-0.39, 0.29) is 18.2 Å². The van der Waals surface area contributed by atoms with Crippen molar-refractivity contribution >= 4 is 38.4 Å².